The first-order chi connectivity index (χ1) is 2.97. The quantitative estimate of drug-likeness (QED) is 0.412. The van der Waals surface area contributed by atoms with Crippen LogP contribution in [0.3, 0.4) is 0 Å². The van der Waals surface area contributed by atoms with Gasteiger partial charge in [0.2, 0.25) is 0 Å². The van der Waals surface area contributed by atoms with Crippen molar-refractivity contribution < 1.29 is 9.47 Å². The average Bonchev–Trinajstić information content (AvgIpc) is 2.26. The molecule has 2 saturated heterocycles. The Morgan fingerprint density at radius 3 is 1.50 bits per heavy atom. The van der Waals surface area contributed by atoms with Gasteiger partial charge >= 0.3 is 0 Å². The molecular weight excluding hydrogens is 80.0 g/mol. The summed E-state index contributed by atoms with van der Waals surface area (Å²) in [5.41, 5.74) is 0. The normalized spacial score (nSPS) is 52.0. The Kier molecular flexibility index (Phi) is 0.383. The zero-order valence-electron chi connectivity index (χ0n) is 3.39. The van der Waals surface area contributed by atoms with E-state index >= 15 is 0 Å². The smallest absolute Gasteiger partial charge is 0.109 e. The zero-order valence-corrected chi connectivity index (χ0v) is 3.39. The van der Waals surface area contributed by atoms with Crippen LogP contribution in [0, 0.1) is 0 Å². The van der Waals surface area contributed by atoms with Crippen LogP contribution >= 0.6 is 0 Å². The molecule has 2 aliphatic rings. The highest BCUT2D eigenvalue weighted by Crippen LogP contribution is 2.25. The van der Waals surface area contributed by atoms with Gasteiger partial charge in [-0.15, -0.1) is 0 Å². The van der Waals surface area contributed by atoms with Gasteiger partial charge < -0.3 is 9.47 Å². The lowest BCUT2D eigenvalue weighted by atomic mass is 10.4. The highest BCUT2D eigenvalue weighted by atomic mass is 16.6. The summed E-state index contributed by atoms with van der Waals surface area (Å²) in [5, 5.41) is 0. The summed E-state index contributed by atoms with van der Waals surface area (Å²) in [6.07, 6.45) is 0.981. The molecule has 0 aromatic rings. The molecule has 0 aliphatic carbocycles. The molecule has 0 saturated carbocycles. The van der Waals surface area contributed by atoms with Crippen LogP contribution in [0.5, 0.6) is 0 Å². The van der Waals surface area contributed by atoms with Crippen molar-refractivity contribution in [2.75, 3.05) is 13.2 Å². The highest BCUT2D eigenvalue weighted by Gasteiger charge is 2.41. The minimum Gasteiger partial charge on any atom is -0.370 e. The van der Waals surface area contributed by atoms with E-state index in [1.165, 1.54) is 0 Å². The Morgan fingerprint density at radius 2 is 1.33 bits per heavy atom. The van der Waals surface area contributed by atoms with Crippen molar-refractivity contribution >= 4 is 0 Å². The van der Waals surface area contributed by atoms with Crippen molar-refractivity contribution in [3.05, 3.63) is 0 Å². The fourth-order valence-electron chi connectivity index (χ4n) is 0.540. The monoisotopic (exact) mass is 86.0 g/mol. The van der Waals surface area contributed by atoms with Crippen molar-refractivity contribution in [2.45, 2.75) is 12.2 Å². The molecule has 0 spiro atoms. The van der Waals surface area contributed by atoms with Gasteiger partial charge in [-0.05, 0) is 0 Å². The van der Waals surface area contributed by atoms with Gasteiger partial charge in [0.25, 0.3) is 0 Å². The van der Waals surface area contributed by atoms with Crippen LogP contribution in [-0.2, 0) is 9.47 Å². The lowest BCUT2D eigenvalue weighted by molar-refractivity contribution is 0.325. The highest BCUT2D eigenvalue weighted by molar-refractivity contribution is 4.86. The number of hydrogen-bond donors (Lipinski definition) is 0. The van der Waals surface area contributed by atoms with Crippen LogP contribution in [0.1, 0.15) is 0 Å². The zero-order chi connectivity index (χ0) is 3.98. The van der Waals surface area contributed by atoms with Crippen LogP contribution in [0.15, 0.2) is 0 Å². The van der Waals surface area contributed by atoms with E-state index in [0.717, 1.165) is 13.2 Å². The summed E-state index contributed by atoms with van der Waals surface area (Å²) in [6.45, 7) is 1.87. The maximum atomic E-state index is 4.91. The number of hydrogen-bond acceptors (Lipinski definition) is 2. The molecule has 0 unspecified atom stereocenters. The summed E-state index contributed by atoms with van der Waals surface area (Å²) in [6, 6.07) is 0. The lowest BCUT2D eigenvalue weighted by Crippen LogP contribution is -1.92. The molecule has 2 nitrogen and oxygen atoms in total. The molecule has 0 bridgehead atoms. The Bertz CT molecular complexity index is 53.9. The first-order valence-electron chi connectivity index (χ1n) is 2.20. The van der Waals surface area contributed by atoms with Crippen molar-refractivity contribution in [1.82, 2.24) is 0 Å². The SMILES string of the molecule is C1O[C@@H]1[C@H]1CO1. The van der Waals surface area contributed by atoms with Crippen LogP contribution in [0.25, 0.3) is 0 Å². The molecule has 2 atom stereocenters. The van der Waals surface area contributed by atoms with E-state index in [9.17, 15) is 0 Å². The predicted molar refractivity (Wildman–Crippen MR) is 19.5 cm³/mol. The van der Waals surface area contributed by atoms with Gasteiger partial charge in [-0.25, -0.2) is 0 Å². The van der Waals surface area contributed by atoms with Gasteiger partial charge in [-0.3, -0.25) is 0 Å². The second kappa shape index (κ2) is 0.768. The van der Waals surface area contributed by atoms with Crippen molar-refractivity contribution in [3.63, 3.8) is 0 Å². The Morgan fingerprint density at radius 1 is 1.00 bits per heavy atom. The molecular formula is C4H6O2. The van der Waals surface area contributed by atoms with E-state index in [2.05, 4.69) is 0 Å². The fraction of sp³-hybridized carbons (Fsp3) is 1.00. The number of epoxide rings is 2. The Labute approximate surface area is 36.0 Å². The summed E-state index contributed by atoms with van der Waals surface area (Å²) in [4.78, 5) is 0. The van der Waals surface area contributed by atoms with E-state index in [4.69, 9.17) is 9.47 Å². The summed E-state index contributed by atoms with van der Waals surface area (Å²) in [7, 11) is 0. The maximum Gasteiger partial charge on any atom is 0.109 e. The van der Waals surface area contributed by atoms with E-state index in [1.54, 1.807) is 0 Å². The molecule has 0 amide bonds. The van der Waals surface area contributed by atoms with Crippen molar-refractivity contribution in [3.8, 4) is 0 Å². The van der Waals surface area contributed by atoms with Gasteiger partial charge in [0.1, 0.15) is 12.2 Å². The first-order valence-corrected chi connectivity index (χ1v) is 2.20. The molecule has 0 aromatic carbocycles. The number of rotatable bonds is 1. The minimum absolute atomic E-state index is 0.491. The molecule has 0 N–H and O–H groups in total. The Balaban J connectivity index is 1.92. The third-order valence-corrected chi connectivity index (χ3v) is 1.13. The van der Waals surface area contributed by atoms with Gasteiger partial charge in [0.15, 0.2) is 0 Å². The van der Waals surface area contributed by atoms with Gasteiger partial charge in [0, 0.05) is 0 Å². The largest absolute Gasteiger partial charge is 0.370 e. The van der Waals surface area contributed by atoms with Crippen LogP contribution in [-0.4, -0.2) is 25.4 Å². The number of ether oxygens (including phenoxy) is 2. The van der Waals surface area contributed by atoms with Crippen LogP contribution in [0.2, 0.25) is 0 Å². The lowest BCUT2D eigenvalue weighted by Gasteiger charge is -1.70. The van der Waals surface area contributed by atoms with E-state index < -0.39 is 0 Å². The van der Waals surface area contributed by atoms with Gasteiger partial charge in [0.05, 0.1) is 13.2 Å². The second-order valence-corrected chi connectivity index (χ2v) is 1.74. The summed E-state index contributed by atoms with van der Waals surface area (Å²) >= 11 is 0. The molecule has 2 rings (SSSR count). The molecule has 6 heavy (non-hydrogen) atoms. The predicted octanol–water partition coefficient (Wildman–Crippen LogP) is -0.216. The van der Waals surface area contributed by atoms with Crippen LogP contribution in [0.4, 0.5) is 0 Å². The maximum absolute atomic E-state index is 4.91. The van der Waals surface area contributed by atoms with Crippen molar-refractivity contribution in [2.24, 2.45) is 0 Å². The molecule has 34 valence electrons. The van der Waals surface area contributed by atoms with Gasteiger partial charge in [-0.2, -0.15) is 0 Å². The Hall–Kier alpha value is -0.0800. The third kappa shape index (κ3) is 0.340. The van der Waals surface area contributed by atoms with Crippen molar-refractivity contribution in [1.29, 1.82) is 0 Å². The first kappa shape index (κ1) is 2.99. The standard InChI is InChI=1S/C4H6O2/c1-3(5-1)4-2-6-4/h3-4H,1-2H2/t3-,4+. The molecule has 2 heterocycles. The molecule has 0 radical (unpaired) electrons. The molecule has 0 aromatic heterocycles. The third-order valence-electron chi connectivity index (χ3n) is 1.13. The van der Waals surface area contributed by atoms with E-state index in [-0.39, 0.29) is 0 Å². The van der Waals surface area contributed by atoms with Crippen LogP contribution < -0.4 is 0 Å². The molecule has 2 aliphatic heterocycles. The second-order valence-electron chi connectivity index (χ2n) is 1.74. The van der Waals surface area contributed by atoms with E-state index in [1.807, 2.05) is 0 Å². The summed E-state index contributed by atoms with van der Waals surface area (Å²) in [5.74, 6) is 0. The summed E-state index contributed by atoms with van der Waals surface area (Å²) < 4.78 is 9.81. The average molecular weight is 86.1 g/mol. The minimum atomic E-state index is 0.491. The molecule has 2 heteroatoms. The topological polar surface area (TPSA) is 25.1 Å². The fourth-order valence-corrected chi connectivity index (χ4v) is 0.540. The van der Waals surface area contributed by atoms with E-state index in [0.29, 0.717) is 12.2 Å². The molecule has 2 fully saturated rings. The van der Waals surface area contributed by atoms with Gasteiger partial charge in [-0.1, -0.05) is 0 Å².